The highest BCUT2D eigenvalue weighted by molar-refractivity contribution is 7.13. The first-order chi connectivity index (χ1) is 12.7. The van der Waals surface area contributed by atoms with Gasteiger partial charge in [-0.3, -0.25) is 9.69 Å². The number of likely N-dealkylation sites (tertiary alicyclic amines) is 1. The lowest BCUT2D eigenvalue weighted by molar-refractivity contribution is 0.0797. The van der Waals surface area contributed by atoms with Gasteiger partial charge in [-0.05, 0) is 30.8 Å². The van der Waals surface area contributed by atoms with Crippen LogP contribution in [0, 0.1) is 5.92 Å². The molecule has 1 atom stereocenters. The van der Waals surface area contributed by atoms with Crippen LogP contribution in [0.4, 0.5) is 0 Å². The van der Waals surface area contributed by atoms with E-state index in [0.29, 0.717) is 5.82 Å². The van der Waals surface area contributed by atoms with Crippen molar-refractivity contribution in [3.8, 4) is 10.7 Å². The Labute approximate surface area is 156 Å². The van der Waals surface area contributed by atoms with Crippen LogP contribution in [0.25, 0.3) is 10.7 Å². The number of aryl methyl sites for hydroxylation is 1. The van der Waals surface area contributed by atoms with Crippen molar-refractivity contribution < 1.29 is 4.79 Å². The van der Waals surface area contributed by atoms with Crippen LogP contribution in [0.15, 0.2) is 42.3 Å². The summed E-state index contributed by atoms with van der Waals surface area (Å²) in [6.07, 6.45) is 9.24. The lowest BCUT2D eigenvalue weighted by atomic mass is 9.93. The second-order valence-corrected chi connectivity index (χ2v) is 7.64. The topological polar surface area (TPSA) is 63.9 Å². The average molecular weight is 367 g/mol. The quantitative estimate of drug-likeness (QED) is 0.649. The SMILES string of the molecule is Cn1ccnc1C(=O)[C@H]1CCCN(Cc2cnc(-c3cccs3)nc2)C1. The molecule has 0 aliphatic carbocycles. The first-order valence-corrected chi connectivity index (χ1v) is 9.67. The van der Waals surface area contributed by atoms with Crippen molar-refractivity contribution in [2.24, 2.45) is 13.0 Å². The van der Waals surface area contributed by atoms with Crippen LogP contribution in [-0.4, -0.2) is 43.3 Å². The van der Waals surface area contributed by atoms with E-state index in [1.807, 2.05) is 43.2 Å². The molecular formula is C19H21N5OS. The highest BCUT2D eigenvalue weighted by atomic mass is 32.1. The molecule has 0 saturated carbocycles. The first-order valence-electron chi connectivity index (χ1n) is 8.79. The van der Waals surface area contributed by atoms with E-state index in [1.54, 1.807) is 22.1 Å². The lowest BCUT2D eigenvalue weighted by Crippen LogP contribution is -2.38. The summed E-state index contributed by atoms with van der Waals surface area (Å²) < 4.78 is 1.80. The Hall–Kier alpha value is -2.38. The molecule has 134 valence electrons. The molecule has 3 aromatic rings. The van der Waals surface area contributed by atoms with Crippen LogP contribution >= 0.6 is 11.3 Å². The van der Waals surface area contributed by atoms with E-state index in [4.69, 9.17) is 0 Å². The molecule has 1 aliphatic rings. The van der Waals surface area contributed by atoms with E-state index in [2.05, 4.69) is 19.9 Å². The van der Waals surface area contributed by atoms with Gasteiger partial charge in [-0.2, -0.15) is 0 Å². The van der Waals surface area contributed by atoms with E-state index in [0.717, 1.165) is 48.7 Å². The summed E-state index contributed by atoms with van der Waals surface area (Å²) in [4.78, 5) is 29.3. The minimum atomic E-state index is 0.0103. The minimum absolute atomic E-state index is 0.0103. The predicted molar refractivity (Wildman–Crippen MR) is 101 cm³/mol. The number of Topliss-reactive ketones (excluding diaryl/α,β-unsaturated/α-hetero) is 1. The molecular weight excluding hydrogens is 346 g/mol. The summed E-state index contributed by atoms with van der Waals surface area (Å²) in [6.45, 7) is 2.53. The summed E-state index contributed by atoms with van der Waals surface area (Å²) in [5.41, 5.74) is 1.08. The molecule has 0 radical (unpaired) electrons. The third kappa shape index (κ3) is 3.59. The first kappa shape index (κ1) is 17.1. The Morgan fingerprint density at radius 3 is 2.85 bits per heavy atom. The average Bonchev–Trinajstić information content (AvgIpc) is 3.34. The number of carbonyl (C=O) groups is 1. The molecule has 0 amide bonds. The zero-order valence-electron chi connectivity index (χ0n) is 14.7. The van der Waals surface area contributed by atoms with E-state index in [9.17, 15) is 4.79 Å². The van der Waals surface area contributed by atoms with Crippen LogP contribution in [0.3, 0.4) is 0 Å². The molecule has 6 nitrogen and oxygen atoms in total. The number of imidazole rings is 1. The van der Waals surface area contributed by atoms with E-state index in [1.165, 1.54) is 0 Å². The van der Waals surface area contributed by atoms with Gasteiger partial charge in [-0.1, -0.05) is 6.07 Å². The highest BCUT2D eigenvalue weighted by Gasteiger charge is 2.28. The Kier molecular flexibility index (Phi) is 4.90. The minimum Gasteiger partial charge on any atom is -0.332 e. The summed E-state index contributed by atoms with van der Waals surface area (Å²) in [5, 5.41) is 2.03. The van der Waals surface area contributed by atoms with Gasteiger partial charge in [0.25, 0.3) is 0 Å². The van der Waals surface area contributed by atoms with Crippen LogP contribution in [-0.2, 0) is 13.6 Å². The lowest BCUT2D eigenvalue weighted by Gasteiger charge is -2.31. The summed E-state index contributed by atoms with van der Waals surface area (Å²) in [5.74, 6) is 1.48. The molecule has 1 fully saturated rings. The Morgan fingerprint density at radius 2 is 2.15 bits per heavy atom. The van der Waals surface area contributed by atoms with Gasteiger partial charge >= 0.3 is 0 Å². The van der Waals surface area contributed by atoms with Crippen molar-refractivity contribution >= 4 is 17.1 Å². The monoisotopic (exact) mass is 367 g/mol. The second-order valence-electron chi connectivity index (χ2n) is 6.69. The van der Waals surface area contributed by atoms with Crippen LogP contribution < -0.4 is 0 Å². The Bertz CT molecular complexity index is 872. The normalized spacial score (nSPS) is 18.1. The van der Waals surface area contributed by atoms with Crippen LogP contribution in [0.1, 0.15) is 29.0 Å². The van der Waals surface area contributed by atoms with Crippen molar-refractivity contribution in [3.63, 3.8) is 0 Å². The summed E-state index contributed by atoms with van der Waals surface area (Å²) in [7, 11) is 1.87. The van der Waals surface area contributed by atoms with Crippen LogP contribution in [0.5, 0.6) is 0 Å². The van der Waals surface area contributed by atoms with Gasteiger partial charge in [-0.25, -0.2) is 15.0 Å². The van der Waals surface area contributed by atoms with E-state index >= 15 is 0 Å². The molecule has 7 heteroatoms. The Balaban J connectivity index is 1.40. The number of rotatable bonds is 5. The van der Waals surface area contributed by atoms with Gasteiger partial charge in [0.2, 0.25) is 5.78 Å². The maximum absolute atomic E-state index is 12.7. The summed E-state index contributed by atoms with van der Waals surface area (Å²) in [6, 6.07) is 4.03. The number of aromatic nitrogens is 4. The zero-order chi connectivity index (χ0) is 17.9. The number of carbonyl (C=O) groups excluding carboxylic acids is 1. The maximum atomic E-state index is 12.7. The molecule has 0 unspecified atom stereocenters. The fourth-order valence-corrected chi connectivity index (χ4v) is 4.10. The highest BCUT2D eigenvalue weighted by Crippen LogP contribution is 2.23. The third-order valence-electron chi connectivity index (χ3n) is 4.77. The number of nitrogens with zero attached hydrogens (tertiary/aromatic N) is 5. The van der Waals surface area contributed by atoms with Crippen molar-refractivity contribution in [3.05, 3.63) is 53.7 Å². The molecule has 3 aromatic heterocycles. The number of piperidine rings is 1. The van der Waals surface area contributed by atoms with Gasteiger partial charge in [0, 0.05) is 56.4 Å². The fraction of sp³-hybridized carbons (Fsp3) is 0.368. The molecule has 0 bridgehead atoms. The number of ketones is 1. The predicted octanol–water partition coefficient (Wildman–Crippen LogP) is 3.03. The third-order valence-corrected chi connectivity index (χ3v) is 5.64. The number of hydrogen-bond acceptors (Lipinski definition) is 6. The molecule has 26 heavy (non-hydrogen) atoms. The molecule has 1 aliphatic heterocycles. The fourth-order valence-electron chi connectivity index (χ4n) is 3.43. The van der Waals surface area contributed by atoms with Gasteiger partial charge in [0.1, 0.15) is 0 Å². The summed E-state index contributed by atoms with van der Waals surface area (Å²) >= 11 is 1.64. The molecule has 0 aromatic carbocycles. The van der Waals surface area contributed by atoms with Crippen molar-refractivity contribution in [2.45, 2.75) is 19.4 Å². The number of hydrogen-bond donors (Lipinski definition) is 0. The van der Waals surface area contributed by atoms with Crippen molar-refractivity contribution in [1.29, 1.82) is 0 Å². The largest absolute Gasteiger partial charge is 0.332 e. The molecule has 0 N–H and O–H groups in total. The molecule has 4 rings (SSSR count). The van der Waals surface area contributed by atoms with Gasteiger partial charge in [0.05, 0.1) is 4.88 Å². The van der Waals surface area contributed by atoms with Gasteiger partial charge < -0.3 is 4.57 Å². The maximum Gasteiger partial charge on any atom is 0.202 e. The van der Waals surface area contributed by atoms with E-state index < -0.39 is 0 Å². The standard InChI is InChI=1S/C19H21N5OS/c1-23-8-6-20-19(23)17(25)15-4-2-7-24(13-15)12-14-10-21-18(22-11-14)16-5-3-9-26-16/h3,5-6,8-11,15H,2,4,7,12-13H2,1H3/t15-/m0/s1. The Morgan fingerprint density at radius 1 is 1.31 bits per heavy atom. The zero-order valence-corrected chi connectivity index (χ0v) is 15.5. The van der Waals surface area contributed by atoms with Crippen LogP contribution in [0.2, 0.25) is 0 Å². The molecule has 0 spiro atoms. The smallest absolute Gasteiger partial charge is 0.202 e. The van der Waals surface area contributed by atoms with Gasteiger partial charge in [0.15, 0.2) is 11.6 Å². The molecule has 4 heterocycles. The second kappa shape index (κ2) is 7.47. The van der Waals surface area contributed by atoms with Gasteiger partial charge in [-0.15, -0.1) is 11.3 Å². The number of thiophene rings is 1. The van der Waals surface area contributed by atoms with Crippen molar-refractivity contribution in [2.75, 3.05) is 13.1 Å². The molecule has 1 saturated heterocycles. The van der Waals surface area contributed by atoms with E-state index in [-0.39, 0.29) is 11.7 Å². The van der Waals surface area contributed by atoms with Crippen molar-refractivity contribution in [1.82, 2.24) is 24.4 Å².